The van der Waals surface area contributed by atoms with E-state index in [4.69, 9.17) is 15.2 Å². The average molecular weight is 542 g/mol. The molecule has 36 heavy (non-hydrogen) atoms. The molecule has 0 fully saturated rings. The quantitative estimate of drug-likeness (QED) is 0.301. The lowest BCUT2D eigenvalue weighted by Gasteiger charge is -2.21. The molecule has 1 aliphatic heterocycles. The summed E-state index contributed by atoms with van der Waals surface area (Å²) in [5.74, 6) is -1.31. The normalized spacial score (nSPS) is 15.2. The van der Waals surface area contributed by atoms with Crippen LogP contribution in [0.5, 0.6) is 0 Å². The highest BCUT2D eigenvalue weighted by molar-refractivity contribution is 9.10. The van der Waals surface area contributed by atoms with E-state index in [1.807, 2.05) is 67.6 Å². The van der Waals surface area contributed by atoms with Crippen LogP contribution < -0.4 is 0 Å². The van der Waals surface area contributed by atoms with Crippen molar-refractivity contribution in [2.75, 3.05) is 0 Å². The van der Waals surface area contributed by atoms with Crippen molar-refractivity contribution in [3.8, 4) is 11.1 Å². The van der Waals surface area contributed by atoms with Gasteiger partial charge >= 0.3 is 5.97 Å². The molecule has 2 heterocycles. The Hall–Kier alpha value is -3.84. The molecule has 0 saturated heterocycles. The summed E-state index contributed by atoms with van der Waals surface area (Å²) in [6.07, 6.45) is 0.162. The van der Waals surface area contributed by atoms with Gasteiger partial charge in [0.15, 0.2) is 0 Å². The molecule has 7 heteroatoms. The Morgan fingerprint density at radius 1 is 0.972 bits per heavy atom. The second-order valence-electron chi connectivity index (χ2n) is 8.78. The lowest BCUT2D eigenvalue weighted by atomic mass is 9.89. The average Bonchev–Trinajstić information content (AvgIpc) is 3.33. The molecule has 1 N–H and O–H groups in total. The summed E-state index contributed by atoms with van der Waals surface area (Å²) in [4.78, 5) is 29.2. The van der Waals surface area contributed by atoms with Gasteiger partial charge in [0, 0.05) is 39.5 Å². The summed E-state index contributed by atoms with van der Waals surface area (Å²) in [5.41, 5.74) is 6.38. The number of carbonyl (C=O) groups excluding carboxylic acids is 1. The van der Waals surface area contributed by atoms with Gasteiger partial charge in [0.25, 0.3) is 0 Å². The van der Waals surface area contributed by atoms with Gasteiger partial charge in [-0.15, -0.1) is 0 Å². The van der Waals surface area contributed by atoms with E-state index >= 15 is 0 Å². The first-order valence-corrected chi connectivity index (χ1v) is 12.5. The van der Waals surface area contributed by atoms with E-state index in [2.05, 4.69) is 34.1 Å². The molecule has 180 valence electrons. The number of carboxylic acids is 1. The zero-order valence-corrected chi connectivity index (χ0v) is 21.3. The SMILES string of the molecule is Cc1nc2ccc(Br)cc2c(-c2ccccc2)c1C1=NN(C(=O)CCC(=O)O)[C@@H](c2ccccc2)C1. The van der Waals surface area contributed by atoms with Crippen molar-refractivity contribution in [3.63, 3.8) is 0 Å². The molecule has 1 amide bonds. The summed E-state index contributed by atoms with van der Waals surface area (Å²) in [7, 11) is 0. The maximum absolute atomic E-state index is 13.1. The molecule has 1 aliphatic rings. The van der Waals surface area contributed by atoms with Crippen LogP contribution in [0, 0.1) is 6.92 Å². The lowest BCUT2D eigenvalue weighted by Crippen LogP contribution is -2.27. The fourth-order valence-corrected chi connectivity index (χ4v) is 5.13. The molecule has 1 atom stereocenters. The van der Waals surface area contributed by atoms with Gasteiger partial charge in [-0.05, 0) is 36.2 Å². The Bertz CT molecular complexity index is 1490. The minimum absolute atomic E-state index is 0.108. The number of halogens is 1. The first-order valence-electron chi connectivity index (χ1n) is 11.7. The highest BCUT2D eigenvalue weighted by atomic mass is 79.9. The second kappa shape index (κ2) is 10.0. The molecule has 0 unspecified atom stereocenters. The number of aryl methyl sites for hydroxylation is 1. The van der Waals surface area contributed by atoms with Crippen LogP contribution in [0.15, 0.2) is 88.4 Å². The Morgan fingerprint density at radius 2 is 1.67 bits per heavy atom. The monoisotopic (exact) mass is 541 g/mol. The number of amides is 1. The van der Waals surface area contributed by atoms with Gasteiger partial charge in [-0.3, -0.25) is 14.6 Å². The van der Waals surface area contributed by atoms with Gasteiger partial charge in [0.05, 0.1) is 23.7 Å². The molecule has 0 saturated carbocycles. The number of fused-ring (bicyclic) bond motifs is 1. The van der Waals surface area contributed by atoms with Crippen molar-refractivity contribution in [2.24, 2.45) is 5.10 Å². The number of hydrazone groups is 1. The van der Waals surface area contributed by atoms with Gasteiger partial charge in [0.1, 0.15) is 0 Å². The van der Waals surface area contributed by atoms with Crippen LogP contribution in [0.25, 0.3) is 22.0 Å². The predicted octanol–water partition coefficient (Wildman–Crippen LogP) is 6.52. The minimum atomic E-state index is -1.01. The fraction of sp³-hybridized carbons (Fsp3) is 0.172. The minimum Gasteiger partial charge on any atom is -0.481 e. The number of rotatable bonds is 6. The largest absolute Gasteiger partial charge is 0.481 e. The maximum Gasteiger partial charge on any atom is 0.303 e. The first-order chi connectivity index (χ1) is 17.4. The third-order valence-electron chi connectivity index (χ3n) is 6.38. The van der Waals surface area contributed by atoms with Crippen LogP contribution in [0.1, 0.15) is 42.1 Å². The maximum atomic E-state index is 13.1. The van der Waals surface area contributed by atoms with Gasteiger partial charge in [-0.2, -0.15) is 5.10 Å². The Morgan fingerprint density at radius 3 is 2.36 bits per heavy atom. The van der Waals surface area contributed by atoms with E-state index in [0.29, 0.717) is 6.42 Å². The highest BCUT2D eigenvalue weighted by Crippen LogP contribution is 2.40. The molecule has 6 nitrogen and oxygen atoms in total. The van der Waals surface area contributed by atoms with Crippen LogP contribution in [0.3, 0.4) is 0 Å². The Balaban J connectivity index is 1.69. The van der Waals surface area contributed by atoms with E-state index in [1.54, 1.807) is 0 Å². The van der Waals surface area contributed by atoms with E-state index in [-0.39, 0.29) is 24.8 Å². The Labute approximate surface area is 217 Å². The molecule has 5 rings (SSSR count). The molecular weight excluding hydrogens is 518 g/mol. The number of benzene rings is 3. The number of hydrogen-bond acceptors (Lipinski definition) is 4. The van der Waals surface area contributed by atoms with Crippen LogP contribution in [-0.4, -0.2) is 32.7 Å². The number of aromatic nitrogens is 1. The van der Waals surface area contributed by atoms with Crippen molar-refractivity contribution in [3.05, 3.63) is 100 Å². The smallest absolute Gasteiger partial charge is 0.303 e. The summed E-state index contributed by atoms with van der Waals surface area (Å²) < 4.78 is 0.949. The van der Waals surface area contributed by atoms with Gasteiger partial charge in [0.2, 0.25) is 5.91 Å². The van der Waals surface area contributed by atoms with Crippen molar-refractivity contribution >= 4 is 44.4 Å². The van der Waals surface area contributed by atoms with Gasteiger partial charge in [-0.25, -0.2) is 5.01 Å². The van der Waals surface area contributed by atoms with Gasteiger partial charge in [-0.1, -0.05) is 76.6 Å². The zero-order valence-electron chi connectivity index (χ0n) is 19.7. The van der Waals surface area contributed by atoms with Crippen molar-refractivity contribution < 1.29 is 14.7 Å². The predicted molar refractivity (Wildman–Crippen MR) is 144 cm³/mol. The third kappa shape index (κ3) is 4.66. The molecule has 4 aromatic rings. The standard InChI is InChI=1S/C29H24BrN3O3/c1-18-28(29(20-10-6-3-7-11-20)22-16-21(30)12-13-23(22)31-18)24-17-25(19-8-4-2-5-9-19)33(32-24)26(34)14-15-27(35)36/h2-13,16,25H,14-15,17H2,1H3,(H,35,36)/t25-/m1/s1. The first kappa shape index (κ1) is 23.9. The lowest BCUT2D eigenvalue weighted by molar-refractivity contribution is -0.141. The topological polar surface area (TPSA) is 82.9 Å². The molecule has 0 radical (unpaired) electrons. The molecule has 0 bridgehead atoms. The third-order valence-corrected chi connectivity index (χ3v) is 6.88. The molecule has 0 spiro atoms. The number of nitrogens with zero attached hydrogens (tertiary/aromatic N) is 3. The summed E-state index contributed by atoms with van der Waals surface area (Å²) in [6.45, 7) is 1.97. The van der Waals surface area contributed by atoms with Crippen LogP contribution in [0.4, 0.5) is 0 Å². The van der Waals surface area contributed by atoms with E-state index in [1.165, 1.54) is 5.01 Å². The van der Waals surface area contributed by atoms with Crippen LogP contribution >= 0.6 is 15.9 Å². The number of pyridine rings is 1. The summed E-state index contributed by atoms with van der Waals surface area (Å²) >= 11 is 3.60. The van der Waals surface area contributed by atoms with Crippen molar-refractivity contribution in [1.29, 1.82) is 0 Å². The summed E-state index contributed by atoms with van der Waals surface area (Å²) in [6, 6.07) is 25.6. The fourth-order valence-electron chi connectivity index (χ4n) is 4.77. The molecule has 3 aromatic carbocycles. The van der Waals surface area contributed by atoms with Crippen molar-refractivity contribution in [1.82, 2.24) is 9.99 Å². The number of carbonyl (C=O) groups is 2. The second-order valence-corrected chi connectivity index (χ2v) is 9.70. The number of carboxylic acid groups (broad SMARTS) is 1. The van der Waals surface area contributed by atoms with E-state index in [9.17, 15) is 9.59 Å². The summed E-state index contributed by atoms with van der Waals surface area (Å²) in [5, 5.41) is 16.4. The molecule has 0 aliphatic carbocycles. The number of aliphatic carboxylic acids is 1. The van der Waals surface area contributed by atoms with Crippen molar-refractivity contribution in [2.45, 2.75) is 32.2 Å². The van der Waals surface area contributed by atoms with Crippen LogP contribution in [-0.2, 0) is 9.59 Å². The highest BCUT2D eigenvalue weighted by Gasteiger charge is 2.35. The van der Waals surface area contributed by atoms with E-state index in [0.717, 1.165) is 49.0 Å². The Kier molecular flexibility index (Phi) is 6.65. The number of hydrogen-bond donors (Lipinski definition) is 1. The molecule has 1 aromatic heterocycles. The van der Waals surface area contributed by atoms with Crippen LogP contribution in [0.2, 0.25) is 0 Å². The van der Waals surface area contributed by atoms with Gasteiger partial charge < -0.3 is 5.11 Å². The van der Waals surface area contributed by atoms with E-state index < -0.39 is 5.97 Å². The molecular formula is C29H24BrN3O3. The zero-order chi connectivity index (χ0) is 25.2.